The smallest absolute Gasteiger partial charge is 0.176 e. The lowest BCUT2D eigenvalue weighted by molar-refractivity contribution is 0.297. The number of aromatic nitrogens is 2. The maximum Gasteiger partial charge on any atom is 0.176 e. The minimum atomic E-state index is -0.316. The van der Waals surface area contributed by atoms with E-state index in [9.17, 15) is 0 Å². The van der Waals surface area contributed by atoms with Crippen LogP contribution in [-0.4, -0.2) is 48.7 Å². The lowest BCUT2D eigenvalue weighted by atomic mass is 9.98. The molecule has 0 amide bonds. The van der Waals surface area contributed by atoms with E-state index in [1.807, 2.05) is 57.9 Å². The number of hydrogen-bond donors (Lipinski definition) is 3. The highest BCUT2D eigenvalue weighted by Crippen LogP contribution is 2.30. The molecule has 0 fully saturated rings. The molecule has 10 heteroatoms. The van der Waals surface area contributed by atoms with Crippen LogP contribution in [0.2, 0.25) is 0 Å². The highest BCUT2D eigenvalue weighted by atomic mass is 32.2. The van der Waals surface area contributed by atoms with Gasteiger partial charge < -0.3 is 20.7 Å². The molecule has 206 valence electrons. The predicted octanol–water partition coefficient (Wildman–Crippen LogP) is 6.41. The van der Waals surface area contributed by atoms with Crippen LogP contribution in [0.5, 0.6) is 0 Å². The minimum absolute atomic E-state index is 0.0765. The molecule has 2 aromatic rings. The van der Waals surface area contributed by atoms with E-state index in [1.54, 1.807) is 32.5 Å². The van der Waals surface area contributed by atoms with Crippen LogP contribution in [0.3, 0.4) is 0 Å². The molecule has 1 aromatic carbocycles. The number of methoxy groups -OCH3 is 1. The quantitative estimate of drug-likeness (QED) is 0.0998. The first-order chi connectivity index (χ1) is 18.1. The summed E-state index contributed by atoms with van der Waals surface area (Å²) in [6.45, 7) is 11.8. The van der Waals surface area contributed by atoms with E-state index >= 15 is 4.39 Å². The van der Waals surface area contributed by atoms with E-state index in [4.69, 9.17) is 15.5 Å². The normalized spacial score (nSPS) is 14.1. The fourth-order valence-electron chi connectivity index (χ4n) is 3.99. The van der Waals surface area contributed by atoms with Crippen LogP contribution >= 0.6 is 11.8 Å². The van der Waals surface area contributed by atoms with Crippen LogP contribution < -0.4 is 16.0 Å². The van der Waals surface area contributed by atoms with Crippen molar-refractivity contribution in [1.82, 2.24) is 10.2 Å². The Labute approximate surface area is 230 Å². The number of hydrogen-bond acceptors (Lipinski definition) is 7. The van der Waals surface area contributed by atoms with Crippen molar-refractivity contribution >= 4 is 35.3 Å². The largest absolute Gasteiger partial charge is 0.492 e. The number of amidine groups is 1. The summed E-state index contributed by atoms with van der Waals surface area (Å²) in [4.78, 5) is 11.8. The van der Waals surface area contributed by atoms with Gasteiger partial charge in [-0.15, -0.1) is 11.8 Å². The van der Waals surface area contributed by atoms with E-state index in [1.165, 1.54) is 18.0 Å². The Hall–Kier alpha value is -3.53. The number of halogens is 1. The molecule has 0 aliphatic heterocycles. The SMILES string of the molecule is CC/C(C)=C(C(\C=NC)=C\N)/C(OC)=C(\N=C(/C)N(c1ccc(SC)cc1F)C(C)C)Nc1cc(C)[nH]n1. The second kappa shape index (κ2) is 14.4. The van der Waals surface area contributed by atoms with E-state index in [0.717, 1.165) is 28.2 Å². The van der Waals surface area contributed by atoms with E-state index in [-0.39, 0.29) is 11.9 Å². The summed E-state index contributed by atoms with van der Waals surface area (Å²) in [7, 11) is 3.27. The lowest BCUT2D eigenvalue weighted by Crippen LogP contribution is -2.36. The Balaban J connectivity index is 2.85. The zero-order valence-corrected chi connectivity index (χ0v) is 24.6. The van der Waals surface area contributed by atoms with Crippen molar-refractivity contribution in [2.24, 2.45) is 15.7 Å². The second-order valence-electron chi connectivity index (χ2n) is 8.90. The zero-order valence-electron chi connectivity index (χ0n) is 23.8. The Kier molecular flexibility index (Phi) is 11.6. The molecule has 0 saturated carbocycles. The van der Waals surface area contributed by atoms with Gasteiger partial charge in [-0.05, 0) is 65.5 Å². The van der Waals surface area contributed by atoms with Crippen molar-refractivity contribution in [3.05, 3.63) is 70.3 Å². The Morgan fingerprint density at radius 3 is 2.50 bits per heavy atom. The van der Waals surface area contributed by atoms with Crippen molar-refractivity contribution in [3.63, 3.8) is 0 Å². The molecule has 38 heavy (non-hydrogen) atoms. The maximum atomic E-state index is 15.2. The summed E-state index contributed by atoms with van der Waals surface area (Å²) in [5.74, 6) is 1.67. The number of nitrogens with one attached hydrogen (secondary N) is 2. The van der Waals surface area contributed by atoms with Crippen LogP contribution in [0.1, 0.15) is 46.7 Å². The number of thioether (sulfide) groups is 1. The molecule has 0 saturated heterocycles. The molecule has 1 heterocycles. The summed E-state index contributed by atoms with van der Waals surface area (Å²) in [6, 6.07) is 7.01. The molecule has 0 unspecified atom stereocenters. The number of aryl methyl sites for hydroxylation is 1. The molecule has 1 aromatic heterocycles. The van der Waals surface area contributed by atoms with Crippen molar-refractivity contribution in [1.29, 1.82) is 0 Å². The molecule has 0 aliphatic carbocycles. The van der Waals surface area contributed by atoms with Gasteiger partial charge in [-0.1, -0.05) is 12.5 Å². The van der Waals surface area contributed by atoms with Crippen molar-refractivity contribution in [3.8, 4) is 0 Å². The van der Waals surface area contributed by atoms with Gasteiger partial charge in [-0.3, -0.25) is 10.1 Å². The minimum Gasteiger partial charge on any atom is -0.492 e. The molecule has 0 atom stereocenters. The van der Waals surface area contributed by atoms with Gasteiger partial charge in [0.2, 0.25) is 0 Å². The Morgan fingerprint density at radius 2 is 2.03 bits per heavy atom. The summed E-state index contributed by atoms with van der Waals surface area (Å²) >= 11 is 1.49. The topological polar surface area (TPSA) is 104 Å². The first-order valence-electron chi connectivity index (χ1n) is 12.4. The first kappa shape index (κ1) is 30.7. The third-order valence-corrected chi connectivity index (χ3v) is 6.57. The third kappa shape index (κ3) is 7.50. The maximum absolute atomic E-state index is 15.2. The molecule has 2 rings (SSSR count). The zero-order chi connectivity index (χ0) is 28.4. The van der Waals surface area contributed by atoms with Gasteiger partial charge in [0.15, 0.2) is 17.4 Å². The van der Waals surface area contributed by atoms with Crippen molar-refractivity contribution in [2.45, 2.75) is 58.9 Å². The Bertz CT molecular complexity index is 1260. The molecule has 4 N–H and O–H groups in total. The van der Waals surface area contributed by atoms with Crippen LogP contribution in [0, 0.1) is 12.7 Å². The van der Waals surface area contributed by atoms with E-state index < -0.39 is 0 Å². The average Bonchev–Trinajstić information content (AvgIpc) is 3.30. The number of anilines is 2. The summed E-state index contributed by atoms with van der Waals surface area (Å²) in [6.07, 6.45) is 5.85. The number of benzene rings is 1. The summed E-state index contributed by atoms with van der Waals surface area (Å²) < 4.78 is 21.2. The Morgan fingerprint density at radius 1 is 1.32 bits per heavy atom. The number of aromatic amines is 1. The van der Waals surface area contributed by atoms with Crippen LogP contribution in [0.4, 0.5) is 15.9 Å². The predicted molar refractivity (Wildman–Crippen MR) is 160 cm³/mol. The summed E-state index contributed by atoms with van der Waals surface area (Å²) in [5, 5.41) is 10.6. The monoisotopic (exact) mass is 541 g/mol. The fraction of sp³-hybridized carbons (Fsp3) is 0.393. The van der Waals surface area contributed by atoms with Gasteiger partial charge >= 0.3 is 0 Å². The van der Waals surface area contributed by atoms with Gasteiger partial charge in [0, 0.05) is 53.3 Å². The van der Waals surface area contributed by atoms with E-state index in [0.29, 0.717) is 34.5 Å². The molecule has 0 bridgehead atoms. The molecule has 0 spiro atoms. The molecule has 0 aliphatic rings. The number of allylic oxidation sites excluding steroid dienone is 2. The number of aliphatic imine (C=N–C) groups is 2. The van der Waals surface area contributed by atoms with Crippen LogP contribution in [0.15, 0.2) is 73.6 Å². The molecule has 0 radical (unpaired) electrons. The van der Waals surface area contributed by atoms with Crippen LogP contribution in [0.25, 0.3) is 0 Å². The first-order valence-corrected chi connectivity index (χ1v) is 13.6. The second-order valence-corrected chi connectivity index (χ2v) is 9.78. The van der Waals surface area contributed by atoms with Gasteiger partial charge in [-0.2, -0.15) is 5.10 Å². The highest BCUT2D eigenvalue weighted by Gasteiger charge is 2.23. The van der Waals surface area contributed by atoms with Crippen LogP contribution in [-0.2, 0) is 4.74 Å². The fourth-order valence-corrected chi connectivity index (χ4v) is 4.41. The van der Waals surface area contributed by atoms with Crippen molar-refractivity contribution in [2.75, 3.05) is 30.6 Å². The van der Waals surface area contributed by atoms with Gasteiger partial charge in [0.1, 0.15) is 11.7 Å². The average molecular weight is 542 g/mol. The van der Waals surface area contributed by atoms with Gasteiger partial charge in [0.05, 0.1) is 12.8 Å². The van der Waals surface area contributed by atoms with E-state index in [2.05, 4.69) is 27.4 Å². The molecule has 8 nitrogen and oxygen atoms in total. The van der Waals surface area contributed by atoms with Crippen molar-refractivity contribution < 1.29 is 9.13 Å². The molecular formula is C28H40FN7OS. The molecular weight excluding hydrogens is 501 g/mol. The number of H-pyrrole nitrogens is 1. The standard InChI is InChI=1S/C28H40FN7OS/c1-10-18(4)26(21(15-30)16-31-7)27(37-8)28(33-25-13-19(5)34-35-25)32-20(6)36(17(2)3)24-12-11-22(38-9)14-23(24)29/h11-17H,10,30H2,1-9H3,(H2,33,34,35)/b21-15+,26-18+,28-27-,31-16?,32-20+. The highest BCUT2D eigenvalue weighted by molar-refractivity contribution is 7.98. The number of nitrogens with zero attached hydrogens (tertiary/aromatic N) is 4. The lowest BCUT2D eigenvalue weighted by Gasteiger charge is -2.29. The van der Waals surface area contributed by atoms with Gasteiger partial charge in [-0.25, -0.2) is 9.38 Å². The number of ether oxygens (including phenoxy) is 1. The van der Waals surface area contributed by atoms with Gasteiger partial charge in [0.25, 0.3) is 0 Å². The number of rotatable bonds is 11. The summed E-state index contributed by atoms with van der Waals surface area (Å²) in [5.41, 5.74) is 9.82. The number of nitrogens with two attached hydrogens (primary N) is 1. The third-order valence-electron chi connectivity index (χ3n) is 5.85.